The summed E-state index contributed by atoms with van der Waals surface area (Å²) in [5, 5.41) is 3.02. The fourth-order valence-corrected chi connectivity index (χ4v) is 4.37. The standard InChI is InChI=1S/C19H26N2O3/c1-13(21-9-8-14-4-2-3-5-15(14)11-21)19(22)20-16-6-7-17-18(10-16)24-12-23-17/h6-7,10,13-15H,2-5,8-9,11-12H2,1H3,(H,20,22)/t13-,14+,15-/m1/s1. The Morgan fingerprint density at radius 3 is 2.83 bits per heavy atom. The van der Waals surface area contributed by atoms with Crippen molar-refractivity contribution in [2.45, 2.75) is 45.1 Å². The number of carbonyl (C=O) groups is 1. The molecule has 5 heteroatoms. The van der Waals surface area contributed by atoms with Gasteiger partial charge in [0.1, 0.15) is 0 Å². The zero-order chi connectivity index (χ0) is 16.5. The second-order valence-corrected chi connectivity index (χ2v) is 7.32. The Balaban J connectivity index is 1.37. The van der Waals surface area contributed by atoms with Crippen LogP contribution in [0.15, 0.2) is 18.2 Å². The zero-order valence-electron chi connectivity index (χ0n) is 14.3. The largest absolute Gasteiger partial charge is 0.454 e. The van der Waals surface area contributed by atoms with E-state index in [1.54, 1.807) is 0 Å². The fourth-order valence-electron chi connectivity index (χ4n) is 4.37. The van der Waals surface area contributed by atoms with E-state index in [0.29, 0.717) is 5.75 Å². The number of carbonyl (C=O) groups excluding carboxylic acids is 1. The smallest absolute Gasteiger partial charge is 0.241 e. The van der Waals surface area contributed by atoms with Crippen molar-refractivity contribution in [2.75, 3.05) is 25.2 Å². The van der Waals surface area contributed by atoms with Gasteiger partial charge in [0.25, 0.3) is 0 Å². The third kappa shape index (κ3) is 3.09. The molecule has 130 valence electrons. The number of anilines is 1. The third-order valence-electron chi connectivity index (χ3n) is 5.89. The Kier molecular flexibility index (Phi) is 4.35. The molecule has 0 spiro atoms. The molecule has 1 saturated carbocycles. The van der Waals surface area contributed by atoms with Gasteiger partial charge in [-0.05, 0) is 50.3 Å². The average molecular weight is 330 g/mol. The minimum Gasteiger partial charge on any atom is -0.454 e. The number of likely N-dealkylation sites (tertiary alicyclic amines) is 1. The van der Waals surface area contributed by atoms with E-state index in [0.717, 1.165) is 36.4 Å². The van der Waals surface area contributed by atoms with Gasteiger partial charge in [0.2, 0.25) is 12.7 Å². The molecule has 0 bridgehead atoms. The van der Waals surface area contributed by atoms with Crippen LogP contribution in [0, 0.1) is 11.8 Å². The fraction of sp³-hybridized carbons (Fsp3) is 0.632. The van der Waals surface area contributed by atoms with Crippen molar-refractivity contribution in [2.24, 2.45) is 11.8 Å². The first-order valence-corrected chi connectivity index (χ1v) is 9.15. The Morgan fingerprint density at radius 2 is 1.96 bits per heavy atom. The predicted molar refractivity (Wildman–Crippen MR) is 92.3 cm³/mol. The predicted octanol–water partition coefficient (Wildman–Crippen LogP) is 3.25. The van der Waals surface area contributed by atoms with Gasteiger partial charge in [-0.25, -0.2) is 0 Å². The molecule has 24 heavy (non-hydrogen) atoms. The van der Waals surface area contributed by atoms with E-state index in [4.69, 9.17) is 9.47 Å². The van der Waals surface area contributed by atoms with E-state index in [-0.39, 0.29) is 18.7 Å². The molecule has 1 N–H and O–H groups in total. The van der Waals surface area contributed by atoms with E-state index in [9.17, 15) is 4.79 Å². The number of hydrogen-bond acceptors (Lipinski definition) is 4. The van der Waals surface area contributed by atoms with Gasteiger partial charge in [-0.2, -0.15) is 0 Å². The molecule has 0 radical (unpaired) electrons. The molecular formula is C19H26N2O3. The average Bonchev–Trinajstić information content (AvgIpc) is 3.08. The van der Waals surface area contributed by atoms with Crippen LogP contribution in [0.5, 0.6) is 11.5 Å². The second-order valence-electron chi connectivity index (χ2n) is 7.32. The summed E-state index contributed by atoms with van der Waals surface area (Å²) in [5.74, 6) is 3.17. The number of benzene rings is 1. The first kappa shape index (κ1) is 15.8. The number of fused-ring (bicyclic) bond motifs is 2. The Labute approximate surface area is 143 Å². The maximum atomic E-state index is 12.6. The molecule has 4 rings (SSSR count). The van der Waals surface area contributed by atoms with Gasteiger partial charge < -0.3 is 14.8 Å². The van der Waals surface area contributed by atoms with Crippen molar-refractivity contribution in [1.29, 1.82) is 0 Å². The van der Waals surface area contributed by atoms with E-state index < -0.39 is 0 Å². The first-order valence-electron chi connectivity index (χ1n) is 9.15. The first-order chi connectivity index (χ1) is 11.7. The van der Waals surface area contributed by atoms with Crippen molar-refractivity contribution < 1.29 is 14.3 Å². The quantitative estimate of drug-likeness (QED) is 0.924. The van der Waals surface area contributed by atoms with Crippen LogP contribution in [-0.2, 0) is 4.79 Å². The van der Waals surface area contributed by atoms with Gasteiger partial charge in [0, 0.05) is 18.3 Å². The summed E-state index contributed by atoms with van der Waals surface area (Å²) >= 11 is 0. The molecule has 2 fully saturated rings. The minimum absolute atomic E-state index is 0.0584. The number of amides is 1. The van der Waals surface area contributed by atoms with E-state index in [2.05, 4.69) is 10.2 Å². The van der Waals surface area contributed by atoms with Crippen molar-refractivity contribution in [3.05, 3.63) is 18.2 Å². The van der Waals surface area contributed by atoms with E-state index in [1.807, 2.05) is 25.1 Å². The Bertz CT molecular complexity index is 619. The van der Waals surface area contributed by atoms with Gasteiger partial charge in [-0.3, -0.25) is 9.69 Å². The van der Waals surface area contributed by atoms with Crippen LogP contribution in [0.2, 0.25) is 0 Å². The normalized spacial score (nSPS) is 27.4. The molecule has 3 atom stereocenters. The highest BCUT2D eigenvalue weighted by atomic mass is 16.7. The van der Waals surface area contributed by atoms with Gasteiger partial charge in [0.05, 0.1) is 6.04 Å². The van der Waals surface area contributed by atoms with Gasteiger partial charge >= 0.3 is 0 Å². The summed E-state index contributed by atoms with van der Waals surface area (Å²) in [5.41, 5.74) is 0.767. The van der Waals surface area contributed by atoms with Gasteiger partial charge in [-0.1, -0.05) is 19.3 Å². The highest BCUT2D eigenvalue weighted by Gasteiger charge is 2.34. The molecule has 1 aliphatic carbocycles. The SMILES string of the molecule is C[C@H](C(=O)Nc1ccc2c(c1)OCO2)N1CC[C@@H]2CCCC[C@@H]2C1. The number of rotatable bonds is 3. The molecule has 1 aromatic rings. The zero-order valence-corrected chi connectivity index (χ0v) is 14.3. The second kappa shape index (κ2) is 6.63. The lowest BCUT2D eigenvalue weighted by Crippen LogP contribution is -2.49. The summed E-state index contributed by atoms with van der Waals surface area (Å²) in [6.07, 6.45) is 6.70. The number of ether oxygens (including phenoxy) is 2. The topological polar surface area (TPSA) is 50.8 Å². The minimum atomic E-state index is -0.0988. The highest BCUT2D eigenvalue weighted by molar-refractivity contribution is 5.94. The van der Waals surface area contributed by atoms with Crippen LogP contribution in [0.25, 0.3) is 0 Å². The number of hydrogen-bond donors (Lipinski definition) is 1. The Hall–Kier alpha value is -1.75. The van der Waals surface area contributed by atoms with Crippen LogP contribution >= 0.6 is 0 Å². The molecular weight excluding hydrogens is 304 g/mol. The maximum absolute atomic E-state index is 12.6. The van der Waals surface area contributed by atoms with Crippen LogP contribution in [0.4, 0.5) is 5.69 Å². The molecule has 3 aliphatic rings. The monoisotopic (exact) mass is 330 g/mol. The number of nitrogens with one attached hydrogen (secondary N) is 1. The summed E-state index contributed by atoms with van der Waals surface area (Å²) in [7, 11) is 0. The van der Waals surface area contributed by atoms with Crippen LogP contribution < -0.4 is 14.8 Å². The van der Waals surface area contributed by atoms with Gasteiger partial charge in [-0.15, -0.1) is 0 Å². The molecule has 1 aromatic carbocycles. The molecule has 5 nitrogen and oxygen atoms in total. The molecule has 0 aromatic heterocycles. The molecule has 1 saturated heterocycles. The van der Waals surface area contributed by atoms with Crippen molar-refractivity contribution in [3.63, 3.8) is 0 Å². The summed E-state index contributed by atoms with van der Waals surface area (Å²) < 4.78 is 10.7. The van der Waals surface area contributed by atoms with Crippen LogP contribution in [0.3, 0.4) is 0 Å². The van der Waals surface area contributed by atoms with Crippen LogP contribution in [-0.4, -0.2) is 36.7 Å². The van der Waals surface area contributed by atoms with Crippen molar-refractivity contribution in [1.82, 2.24) is 4.90 Å². The lowest BCUT2D eigenvalue weighted by molar-refractivity contribution is -0.122. The van der Waals surface area contributed by atoms with Crippen LogP contribution in [0.1, 0.15) is 39.0 Å². The maximum Gasteiger partial charge on any atom is 0.241 e. The van der Waals surface area contributed by atoms with Crippen molar-refractivity contribution >= 4 is 11.6 Å². The lowest BCUT2D eigenvalue weighted by atomic mass is 9.75. The molecule has 2 heterocycles. The molecule has 0 unspecified atom stereocenters. The Morgan fingerprint density at radius 1 is 1.17 bits per heavy atom. The lowest BCUT2D eigenvalue weighted by Gasteiger charge is -2.43. The summed E-state index contributed by atoms with van der Waals surface area (Å²) in [6, 6.07) is 5.44. The number of nitrogens with zero attached hydrogens (tertiary/aromatic N) is 1. The number of piperidine rings is 1. The van der Waals surface area contributed by atoms with Crippen molar-refractivity contribution in [3.8, 4) is 11.5 Å². The third-order valence-corrected chi connectivity index (χ3v) is 5.89. The van der Waals surface area contributed by atoms with Gasteiger partial charge in [0.15, 0.2) is 11.5 Å². The highest BCUT2D eigenvalue weighted by Crippen LogP contribution is 2.37. The molecule has 2 aliphatic heterocycles. The molecule has 1 amide bonds. The summed E-state index contributed by atoms with van der Waals surface area (Å²) in [6.45, 7) is 4.38. The van der Waals surface area contributed by atoms with E-state index >= 15 is 0 Å². The summed E-state index contributed by atoms with van der Waals surface area (Å²) in [4.78, 5) is 15.0. The van der Waals surface area contributed by atoms with E-state index in [1.165, 1.54) is 32.1 Å².